The van der Waals surface area contributed by atoms with Crippen molar-refractivity contribution in [2.45, 2.75) is 6.92 Å². The van der Waals surface area contributed by atoms with Crippen molar-refractivity contribution in [3.05, 3.63) is 57.4 Å². The van der Waals surface area contributed by atoms with Gasteiger partial charge in [-0.05, 0) is 49.0 Å². The fourth-order valence-electron chi connectivity index (χ4n) is 1.92. The smallest absolute Gasteiger partial charge is 0.200 e. The second-order valence-electron chi connectivity index (χ2n) is 4.34. The second kappa shape index (κ2) is 5.30. The number of rotatable bonds is 2. The molecular weight excluding hydrogens is 336 g/mol. The number of halogens is 1. The first-order chi connectivity index (χ1) is 9.66. The van der Waals surface area contributed by atoms with E-state index in [9.17, 15) is 0 Å². The Morgan fingerprint density at radius 2 is 2.10 bits per heavy atom. The molecule has 6 heteroatoms. The molecule has 2 aromatic heterocycles. The third-order valence-corrected chi connectivity index (χ3v) is 4.11. The minimum atomic E-state index is 0.543. The number of aryl methyl sites for hydroxylation is 1. The van der Waals surface area contributed by atoms with Crippen LogP contribution in [0.5, 0.6) is 0 Å². The molecular formula is C14H11BrN4S. The average molecular weight is 347 g/mol. The molecule has 0 aliphatic carbocycles. The predicted molar refractivity (Wildman–Crippen MR) is 84.4 cm³/mol. The van der Waals surface area contributed by atoms with Crippen molar-refractivity contribution in [3.8, 4) is 17.2 Å². The Bertz CT molecular complexity index is 808. The third kappa shape index (κ3) is 2.32. The molecule has 0 bridgehead atoms. The molecule has 0 fully saturated rings. The summed E-state index contributed by atoms with van der Waals surface area (Å²) in [5, 5.41) is 7.11. The number of nitrogens with one attached hydrogen (secondary N) is 1. The van der Waals surface area contributed by atoms with Crippen LogP contribution in [0.2, 0.25) is 0 Å². The van der Waals surface area contributed by atoms with Crippen molar-refractivity contribution in [3.63, 3.8) is 0 Å². The molecule has 0 aliphatic rings. The average Bonchev–Trinajstić information content (AvgIpc) is 2.85. The van der Waals surface area contributed by atoms with Crippen LogP contribution in [0.4, 0.5) is 0 Å². The Balaban J connectivity index is 2.22. The summed E-state index contributed by atoms with van der Waals surface area (Å²) in [7, 11) is 0. The molecule has 20 heavy (non-hydrogen) atoms. The number of H-pyrrole nitrogens is 1. The van der Waals surface area contributed by atoms with Crippen molar-refractivity contribution in [1.82, 2.24) is 19.7 Å². The highest BCUT2D eigenvalue weighted by Gasteiger charge is 2.12. The van der Waals surface area contributed by atoms with Crippen molar-refractivity contribution in [2.24, 2.45) is 0 Å². The fourth-order valence-corrected chi connectivity index (χ4v) is 2.53. The van der Waals surface area contributed by atoms with Crippen molar-refractivity contribution in [2.75, 3.05) is 0 Å². The summed E-state index contributed by atoms with van der Waals surface area (Å²) in [4.78, 5) is 4.33. The van der Waals surface area contributed by atoms with E-state index in [0.717, 1.165) is 15.9 Å². The zero-order valence-electron chi connectivity index (χ0n) is 10.7. The van der Waals surface area contributed by atoms with E-state index < -0.39 is 0 Å². The van der Waals surface area contributed by atoms with Crippen LogP contribution in [0, 0.1) is 11.7 Å². The van der Waals surface area contributed by atoms with Crippen molar-refractivity contribution < 1.29 is 0 Å². The fraction of sp³-hybridized carbons (Fsp3) is 0.0714. The summed E-state index contributed by atoms with van der Waals surface area (Å²) in [5.41, 5.74) is 2.89. The maximum absolute atomic E-state index is 5.33. The number of pyridine rings is 1. The normalized spacial score (nSPS) is 10.7. The molecule has 1 aromatic carbocycles. The minimum absolute atomic E-state index is 0.543. The van der Waals surface area contributed by atoms with Crippen molar-refractivity contribution in [1.29, 1.82) is 0 Å². The zero-order valence-corrected chi connectivity index (χ0v) is 13.1. The molecule has 0 saturated carbocycles. The van der Waals surface area contributed by atoms with Gasteiger partial charge in [-0.3, -0.25) is 14.6 Å². The third-order valence-electron chi connectivity index (χ3n) is 2.98. The lowest BCUT2D eigenvalue weighted by atomic mass is 10.2. The highest BCUT2D eigenvalue weighted by atomic mass is 79.9. The first kappa shape index (κ1) is 13.2. The SMILES string of the molecule is Cc1ccc(-n2c(-c3ccccn3)n[nH]c2=S)cc1Br. The first-order valence-electron chi connectivity index (χ1n) is 6.02. The molecule has 2 heterocycles. The van der Waals surface area contributed by atoms with Gasteiger partial charge in [0.15, 0.2) is 10.6 Å². The highest BCUT2D eigenvalue weighted by molar-refractivity contribution is 9.10. The number of aromatic nitrogens is 4. The summed E-state index contributed by atoms with van der Waals surface area (Å²) < 4.78 is 3.45. The topological polar surface area (TPSA) is 46.5 Å². The van der Waals surface area contributed by atoms with Gasteiger partial charge in [0, 0.05) is 10.7 Å². The number of nitrogens with zero attached hydrogens (tertiary/aromatic N) is 3. The van der Waals surface area contributed by atoms with Gasteiger partial charge >= 0.3 is 0 Å². The van der Waals surface area contributed by atoms with E-state index >= 15 is 0 Å². The number of aromatic amines is 1. The molecule has 4 nitrogen and oxygen atoms in total. The maximum Gasteiger partial charge on any atom is 0.200 e. The molecule has 100 valence electrons. The maximum atomic E-state index is 5.33. The monoisotopic (exact) mass is 346 g/mol. The molecule has 0 radical (unpaired) electrons. The van der Waals surface area contributed by atoms with Crippen LogP contribution in [-0.2, 0) is 0 Å². The van der Waals surface area contributed by atoms with Crippen LogP contribution in [-0.4, -0.2) is 19.7 Å². The Morgan fingerprint density at radius 3 is 2.80 bits per heavy atom. The number of benzene rings is 1. The lowest BCUT2D eigenvalue weighted by Gasteiger charge is -2.08. The zero-order chi connectivity index (χ0) is 14.1. The van der Waals surface area contributed by atoms with Crippen LogP contribution in [0.1, 0.15) is 5.56 Å². The molecule has 0 aliphatic heterocycles. The quantitative estimate of drug-likeness (QED) is 0.711. The van der Waals surface area contributed by atoms with Crippen LogP contribution in [0.3, 0.4) is 0 Å². The van der Waals surface area contributed by atoms with E-state index in [-0.39, 0.29) is 0 Å². The van der Waals surface area contributed by atoms with E-state index in [1.165, 1.54) is 5.56 Å². The van der Waals surface area contributed by atoms with Gasteiger partial charge in [0.1, 0.15) is 5.69 Å². The van der Waals surface area contributed by atoms with Gasteiger partial charge in [-0.25, -0.2) is 0 Å². The summed E-state index contributed by atoms with van der Waals surface area (Å²) in [6.07, 6.45) is 1.74. The summed E-state index contributed by atoms with van der Waals surface area (Å²) >= 11 is 8.88. The molecule has 0 saturated heterocycles. The van der Waals surface area contributed by atoms with E-state index in [0.29, 0.717) is 10.6 Å². The minimum Gasteiger partial charge on any atom is -0.267 e. The lowest BCUT2D eigenvalue weighted by Crippen LogP contribution is -1.99. The van der Waals surface area contributed by atoms with Crippen LogP contribution in [0.25, 0.3) is 17.2 Å². The Kier molecular flexibility index (Phi) is 3.50. The van der Waals surface area contributed by atoms with E-state index in [1.807, 2.05) is 47.9 Å². The second-order valence-corrected chi connectivity index (χ2v) is 5.58. The van der Waals surface area contributed by atoms with Gasteiger partial charge in [0.2, 0.25) is 0 Å². The summed E-state index contributed by atoms with van der Waals surface area (Å²) in [6.45, 7) is 2.04. The van der Waals surface area contributed by atoms with Crippen LogP contribution >= 0.6 is 28.1 Å². The standard InChI is InChI=1S/C14H11BrN4S/c1-9-5-6-10(8-11(9)15)19-13(17-18-14(19)20)12-4-2-3-7-16-12/h2-8H,1H3,(H,18,20). The molecule has 0 atom stereocenters. The molecule has 0 unspecified atom stereocenters. The first-order valence-corrected chi connectivity index (χ1v) is 7.22. The van der Waals surface area contributed by atoms with Gasteiger partial charge < -0.3 is 0 Å². The van der Waals surface area contributed by atoms with Gasteiger partial charge in [-0.15, -0.1) is 0 Å². The molecule has 0 spiro atoms. The predicted octanol–water partition coefficient (Wildman–Crippen LogP) is 4.06. The van der Waals surface area contributed by atoms with Crippen LogP contribution < -0.4 is 0 Å². The molecule has 3 rings (SSSR count). The number of hydrogen-bond acceptors (Lipinski definition) is 3. The summed E-state index contributed by atoms with van der Waals surface area (Å²) in [6, 6.07) is 11.8. The van der Waals surface area contributed by atoms with Gasteiger partial charge in [0.05, 0.1) is 5.69 Å². The van der Waals surface area contributed by atoms with Crippen molar-refractivity contribution >= 4 is 28.1 Å². The highest BCUT2D eigenvalue weighted by Crippen LogP contribution is 2.24. The molecule has 3 aromatic rings. The Morgan fingerprint density at radius 1 is 1.25 bits per heavy atom. The largest absolute Gasteiger partial charge is 0.267 e. The Hall–Kier alpha value is -1.79. The van der Waals surface area contributed by atoms with E-state index in [2.05, 4.69) is 31.1 Å². The molecule has 1 N–H and O–H groups in total. The van der Waals surface area contributed by atoms with Crippen LogP contribution in [0.15, 0.2) is 47.1 Å². The van der Waals surface area contributed by atoms with E-state index in [1.54, 1.807) is 6.20 Å². The van der Waals surface area contributed by atoms with Gasteiger partial charge in [-0.1, -0.05) is 28.1 Å². The van der Waals surface area contributed by atoms with Gasteiger partial charge in [-0.2, -0.15) is 5.10 Å². The Labute approximate surface area is 129 Å². The van der Waals surface area contributed by atoms with E-state index in [4.69, 9.17) is 12.2 Å². The molecule has 0 amide bonds. The number of hydrogen-bond donors (Lipinski definition) is 1. The van der Waals surface area contributed by atoms with Gasteiger partial charge in [0.25, 0.3) is 0 Å². The lowest BCUT2D eigenvalue weighted by molar-refractivity contribution is 1.03. The summed E-state index contributed by atoms with van der Waals surface area (Å²) in [5.74, 6) is 0.700.